The summed E-state index contributed by atoms with van der Waals surface area (Å²) >= 11 is 1.64. The zero-order valence-corrected chi connectivity index (χ0v) is 18.0. The van der Waals surface area contributed by atoms with Crippen molar-refractivity contribution in [3.63, 3.8) is 0 Å². The fourth-order valence-electron chi connectivity index (χ4n) is 4.48. The minimum absolute atomic E-state index is 0.163. The Morgan fingerprint density at radius 2 is 2.03 bits per heavy atom. The molecule has 0 saturated heterocycles. The Hall–Kier alpha value is -3.13. The number of hydrogen-bond acceptors (Lipinski definition) is 6. The molecule has 1 unspecified atom stereocenters. The lowest BCUT2D eigenvalue weighted by atomic mass is 9.87. The van der Waals surface area contributed by atoms with Crippen LogP contribution in [0.1, 0.15) is 53.0 Å². The van der Waals surface area contributed by atoms with Gasteiger partial charge in [-0.3, -0.25) is 4.79 Å². The summed E-state index contributed by atoms with van der Waals surface area (Å²) in [6.45, 7) is 2.06. The number of ether oxygens (including phenoxy) is 1. The van der Waals surface area contributed by atoms with Crippen LogP contribution in [0.5, 0.6) is 5.75 Å². The van der Waals surface area contributed by atoms with Gasteiger partial charge in [0.25, 0.3) is 0 Å². The third-order valence-electron chi connectivity index (χ3n) is 6.25. The molecule has 1 saturated carbocycles. The Balaban J connectivity index is 1.77. The van der Waals surface area contributed by atoms with Crippen molar-refractivity contribution >= 4 is 33.9 Å². The number of aryl methyl sites for hydroxylation is 1. The number of aromatic nitrogens is 1. The van der Waals surface area contributed by atoms with Gasteiger partial charge in [0.15, 0.2) is 5.75 Å². The molecule has 3 aromatic rings. The quantitative estimate of drug-likeness (QED) is 0.460. The first-order valence-electron chi connectivity index (χ1n) is 10.3. The number of thiophene rings is 1. The lowest BCUT2D eigenvalue weighted by Gasteiger charge is -2.18. The van der Waals surface area contributed by atoms with Gasteiger partial charge in [0.05, 0.1) is 23.7 Å². The smallest absolute Gasteiger partial charge is 0.341 e. The van der Waals surface area contributed by atoms with Crippen molar-refractivity contribution < 1.29 is 19.8 Å². The summed E-state index contributed by atoms with van der Waals surface area (Å²) < 4.78 is 7.70. The molecule has 8 heteroatoms. The largest absolute Gasteiger partial charge is 0.494 e. The standard InChI is InChI=1S/C23H22N2O5S/c1-11-3-8-17-15(19(11)24-29)9-18(31-17)13-6-7-14-20(22(13)30-2)25(12-4-5-12)10-16(21(14)26)23(27)28/h6-7,9-12,29H,3-5,8H2,1-2H3,(H,27,28)/b24-19-. The highest BCUT2D eigenvalue weighted by Gasteiger charge is 2.30. The molecule has 160 valence electrons. The molecule has 2 N–H and O–H groups in total. The van der Waals surface area contributed by atoms with Crippen molar-refractivity contribution in [2.24, 2.45) is 11.1 Å². The lowest BCUT2D eigenvalue weighted by Crippen LogP contribution is -2.19. The lowest BCUT2D eigenvalue weighted by molar-refractivity contribution is 0.0695. The number of carbonyl (C=O) groups is 1. The molecule has 5 rings (SSSR count). The van der Waals surface area contributed by atoms with E-state index in [1.165, 1.54) is 11.1 Å². The summed E-state index contributed by atoms with van der Waals surface area (Å²) in [6.07, 6.45) is 5.18. The average molecular weight is 439 g/mol. The van der Waals surface area contributed by atoms with Crippen LogP contribution in [0.4, 0.5) is 0 Å². The van der Waals surface area contributed by atoms with Crippen molar-refractivity contribution in [2.75, 3.05) is 7.11 Å². The van der Waals surface area contributed by atoms with Crippen LogP contribution in [-0.2, 0) is 6.42 Å². The van der Waals surface area contributed by atoms with Crippen molar-refractivity contribution in [3.8, 4) is 16.2 Å². The monoisotopic (exact) mass is 438 g/mol. The van der Waals surface area contributed by atoms with Gasteiger partial charge in [0.1, 0.15) is 5.56 Å². The number of pyridine rings is 1. The maximum Gasteiger partial charge on any atom is 0.341 e. The molecular weight excluding hydrogens is 416 g/mol. The summed E-state index contributed by atoms with van der Waals surface area (Å²) in [5, 5.41) is 22.9. The molecule has 7 nitrogen and oxygen atoms in total. The number of oxime groups is 1. The molecule has 1 atom stereocenters. The highest BCUT2D eigenvalue weighted by molar-refractivity contribution is 7.16. The number of methoxy groups -OCH3 is 1. The number of nitrogens with zero attached hydrogens (tertiary/aromatic N) is 2. The molecule has 1 fully saturated rings. The van der Waals surface area contributed by atoms with Gasteiger partial charge in [0.2, 0.25) is 5.43 Å². The Kier molecular flexibility index (Phi) is 4.62. The molecule has 2 aromatic heterocycles. The first kappa shape index (κ1) is 19.8. The highest BCUT2D eigenvalue weighted by Crippen LogP contribution is 2.45. The van der Waals surface area contributed by atoms with Gasteiger partial charge in [-0.2, -0.15) is 0 Å². The van der Waals surface area contributed by atoms with Crippen LogP contribution < -0.4 is 10.2 Å². The number of carboxylic acid groups (broad SMARTS) is 1. The summed E-state index contributed by atoms with van der Waals surface area (Å²) in [4.78, 5) is 26.6. The van der Waals surface area contributed by atoms with Crippen LogP contribution in [0.25, 0.3) is 21.3 Å². The zero-order chi connectivity index (χ0) is 21.9. The van der Waals surface area contributed by atoms with E-state index in [0.717, 1.165) is 41.7 Å². The van der Waals surface area contributed by atoms with Gasteiger partial charge in [-0.05, 0) is 43.9 Å². The molecule has 1 aromatic carbocycles. The minimum atomic E-state index is -1.22. The van der Waals surface area contributed by atoms with E-state index in [1.807, 2.05) is 16.7 Å². The molecule has 0 radical (unpaired) electrons. The van der Waals surface area contributed by atoms with E-state index in [4.69, 9.17) is 4.74 Å². The van der Waals surface area contributed by atoms with Gasteiger partial charge in [-0.15, -0.1) is 11.3 Å². The van der Waals surface area contributed by atoms with Crippen molar-refractivity contribution in [3.05, 3.63) is 50.6 Å². The minimum Gasteiger partial charge on any atom is -0.494 e. The second-order valence-electron chi connectivity index (χ2n) is 8.23. The molecule has 2 aliphatic rings. The Morgan fingerprint density at radius 1 is 1.26 bits per heavy atom. The fourth-order valence-corrected chi connectivity index (χ4v) is 5.68. The maximum absolute atomic E-state index is 12.9. The van der Waals surface area contributed by atoms with Crippen LogP contribution in [0, 0.1) is 5.92 Å². The molecule has 0 bridgehead atoms. The molecule has 0 aliphatic heterocycles. The number of fused-ring (bicyclic) bond motifs is 2. The van der Waals surface area contributed by atoms with E-state index < -0.39 is 11.4 Å². The third kappa shape index (κ3) is 3.05. The molecule has 2 heterocycles. The number of rotatable bonds is 4. The Bertz CT molecular complexity index is 1320. The summed E-state index contributed by atoms with van der Waals surface area (Å²) in [5.74, 6) is -0.472. The second kappa shape index (κ2) is 7.23. The SMILES string of the molecule is COc1c(-c2cc3c(s2)CCC(C)/C3=N/O)ccc2c(=O)c(C(=O)O)cn(C3CC3)c12. The topological polar surface area (TPSA) is 101 Å². The molecule has 0 spiro atoms. The summed E-state index contributed by atoms with van der Waals surface area (Å²) in [7, 11) is 1.57. The molecule has 2 aliphatic carbocycles. The van der Waals surface area contributed by atoms with E-state index in [-0.39, 0.29) is 17.5 Å². The fraction of sp³-hybridized carbons (Fsp3) is 0.348. The first-order chi connectivity index (χ1) is 14.9. The van der Waals surface area contributed by atoms with Crippen LogP contribution in [0.2, 0.25) is 0 Å². The van der Waals surface area contributed by atoms with E-state index in [9.17, 15) is 19.9 Å². The van der Waals surface area contributed by atoms with Crippen LogP contribution in [0.3, 0.4) is 0 Å². The first-order valence-corrected chi connectivity index (χ1v) is 11.1. The van der Waals surface area contributed by atoms with E-state index in [2.05, 4.69) is 12.1 Å². The molecule has 31 heavy (non-hydrogen) atoms. The van der Waals surface area contributed by atoms with Gasteiger partial charge >= 0.3 is 5.97 Å². The van der Waals surface area contributed by atoms with Crippen molar-refractivity contribution in [2.45, 2.75) is 38.6 Å². The average Bonchev–Trinajstić information content (AvgIpc) is 3.51. The highest BCUT2D eigenvalue weighted by atomic mass is 32.1. The van der Waals surface area contributed by atoms with Gasteiger partial charge in [-0.25, -0.2) is 4.79 Å². The number of benzene rings is 1. The van der Waals surface area contributed by atoms with Gasteiger partial charge < -0.3 is 19.6 Å². The van der Waals surface area contributed by atoms with Crippen LogP contribution in [0.15, 0.2) is 34.3 Å². The van der Waals surface area contributed by atoms with E-state index in [0.29, 0.717) is 22.4 Å². The van der Waals surface area contributed by atoms with E-state index in [1.54, 1.807) is 24.5 Å². The Labute approximate surface area is 182 Å². The van der Waals surface area contributed by atoms with Crippen LogP contribution in [-0.4, -0.2) is 33.7 Å². The summed E-state index contributed by atoms with van der Waals surface area (Å²) in [5.41, 5.74) is 2.41. The van der Waals surface area contributed by atoms with Gasteiger partial charge in [-0.1, -0.05) is 12.1 Å². The normalized spacial score (nSPS) is 19.5. The number of hydrogen-bond donors (Lipinski definition) is 2. The second-order valence-corrected chi connectivity index (χ2v) is 9.37. The van der Waals surface area contributed by atoms with Crippen LogP contribution >= 0.6 is 11.3 Å². The number of aromatic carboxylic acids is 1. The number of carboxylic acids is 1. The zero-order valence-electron chi connectivity index (χ0n) is 17.2. The maximum atomic E-state index is 12.9. The van der Waals surface area contributed by atoms with Gasteiger partial charge in [0, 0.05) is 39.0 Å². The third-order valence-corrected chi connectivity index (χ3v) is 7.48. The van der Waals surface area contributed by atoms with Crippen molar-refractivity contribution in [1.82, 2.24) is 4.57 Å². The predicted octanol–water partition coefficient (Wildman–Crippen LogP) is 4.53. The predicted molar refractivity (Wildman–Crippen MR) is 119 cm³/mol. The molecule has 0 amide bonds. The van der Waals surface area contributed by atoms with E-state index >= 15 is 0 Å². The summed E-state index contributed by atoms with van der Waals surface area (Å²) in [6, 6.07) is 5.71. The molecular formula is C23H22N2O5S. The Morgan fingerprint density at radius 3 is 2.68 bits per heavy atom. The van der Waals surface area contributed by atoms with Crippen molar-refractivity contribution in [1.29, 1.82) is 0 Å².